The molecule has 1 rings (SSSR count). The number of hydrogen-bond donors (Lipinski definition) is 0. The van der Waals surface area contributed by atoms with Gasteiger partial charge in [0.05, 0.1) is 6.04 Å². The number of hydrogen-bond acceptors (Lipinski definition) is 2. The first-order valence-electron chi connectivity index (χ1n) is 2.50. The van der Waals surface area contributed by atoms with Crippen molar-refractivity contribution in [1.82, 2.24) is 0 Å². The molecule has 0 unspecified atom stereocenters. The molecule has 0 fully saturated rings. The van der Waals surface area contributed by atoms with Crippen molar-refractivity contribution >= 4 is 6.40 Å². The van der Waals surface area contributed by atoms with E-state index in [1.807, 2.05) is 0 Å². The normalized spacial score (nSPS) is 27.9. The molecule has 0 amide bonds. The Bertz CT molecular complexity index is 80.1. The van der Waals surface area contributed by atoms with Gasteiger partial charge in [-0.25, -0.2) is 4.99 Å². The van der Waals surface area contributed by atoms with E-state index in [2.05, 4.69) is 18.3 Å². The van der Waals surface area contributed by atoms with Crippen molar-refractivity contribution in [2.45, 2.75) is 19.4 Å². The summed E-state index contributed by atoms with van der Waals surface area (Å²) in [7, 11) is 0. The van der Waals surface area contributed by atoms with Crippen molar-refractivity contribution in [2.75, 3.05) is 6.61 Å². The largest absolute Gasteiger partial charge is 0.472 e. The van der Waals surface area contributed by atoms with Crippen molar-refractivity contribution in [3.63, 3.8) is 0 Å². The number of nitrogens with zero attached hydrogens (tertiary/aromatic N) is 1. The second-order valence-electron chi connectivity index (χ2n) is 1.59. The lowest BCUT2D eigenvalue weighted by Crippen LogP contribution is -2.02. The molecular weight excluding hydrogens is 90.1 g/mol. The maximum absolute atomic E-state index is 4.73. The molecule has 1 heterocycles. The van der Waals surface area contributed by atoms with Gasteiger partial charge in [0.2, 0.25) is 0 Å². The Balaban J connectivity index is 2.28. The van der Waals surface area contributed by atoms with E-state index in [-0.39, 0.29) is 0 Å². The van der Waals surface area contributed by atoms with Crippen molar-refractivity contribution < 1.29 is 4.74 Å². The minimum absolute atomic E-state index is 0.389. The number of rotatable bonds is 1. The Kier molecular flexibility index (Phi) is 1.29. The van der Waals surface area contributed by atoms with Crippen LogP contribution in [-0.4, -0.2) is 19.0 Å². The molecular formula is C5H8NO. The van der Waals surface area contributed by atoms with Crippen LogP contribution >= 0.6 is 0 Å². The van der Waals surface area contributed by atoms with E-state index >= 15 is 0 Å². The molecule has 0 aromatic carbocycles. The van der Waals surface area contributed by atoms with Crippen molar-refractivity contribution in [3.05, 3.63) is 0 Å². The van der Waals surface area contributed by atoms with Gasteiger partial charge in [0, 0.05) is 0 Å². The predicted molar refractivity (Wildman–Crippen MR) is 27.5 cm³/mol. The fourth-order valence-electron chi connectivity index (χ4n) is 0.492. The van der Waals surface area contributed by atoms with E-state index < -0.39 is 0 Å². The molecule has 2 nitrogen and oxygen atoms in total. The highest BCUT2D eigenvalue weighted by Crippen LogP contribution is 2.01. The van der Waals surface area contributed by atoms with E-state index in [4.69, 9.17) is 4.74 Å². The molecule has 0 saturated heterocycles. The maximum Gasteiger partial charge on any atom is 0.273 e. The van der Waals surface area contributed by atoms with Gasteiger partial charge in [-0.1, -0.05) is 6.92 Å². The monoisotopic (exact) mass is 98.1 g/mol. The molecule has 1 aliphatic heterocycles. The van der Waals surface area contributed by atoms with Crippen LogP contribution in [0, 0.1) is 0 Å². The second-order valence-corrected chi connectivity index (χ2v) is 1.59. The van der Waals surface area contributed by atoms with Crippen LogP contribution in [0.15, 0.2) is 4.99 Å². The van der Waals surface area contributed by atoms with E-state index in [9.17, 15) is 0 Å². The standard InChI is InChI=1S/C5H8NO/c1-2-5-3-7-4-6-5/h5H,2-3H2,1H3/t5-/m1/s1. The third-order valence-electron chi connectivity index (χ3n) is 1.05. The third-order valence-corrected chi connectivity index (χ3v) is 1.05. The van der Waals surface area contributed by atoms with Crippen molar-refractivity contribution in [2.24, 2.45) is 4.99 Å². The molecule has 0 aromatic rings. The zero-order chi connectivity index (χ0) is 5.11. The molecule has 1 radical (unpaired) electrons. The molecule has 0 aliphatic carbocycles. The van der Waals surface area contributed by atoms with Gasteiger partial charge in [-0.05, 0) is 6.42 Å². The van der Waals surface area contributed by atoms with Gasteiger partial charge in [0.25, 0.3) is 6.40 Å². The Labute approximate surface area is 43.2 Å². The van der Waals surface area contributed by atoms with Crippen LogP contribution in [0.1, 0.15) is 13.3 Å². The molecule has 7 heavy (non-hydrogen) atoms. The summed E-state index contributed by atoms with van der Waals surface area (Å²) in [6, 6.07) is 0.389. The quantitative estimate of drug-likeness (QED) is 0.473. The number of ether oxygens (including phenoxy) is 1. The van der Waals surface area contributed by atoms with Gasteiger partial charge in [0.15, 0.2) is 0 Å². The van der Waals surface area contributed by atoms with E-state index in [0.717, 1.165) is 13.0 Å². The minimum atomic E-state index is 0.389. The lowest BCUT2D eigenvalue weighted by atomic mass is 10.3. The van der Waals surface area contributed by atoms with Gasteiger partial charge in [-0.2, -0.15) is 0 Å². The average molecular weight is 98.1 g/mol. The van der Waals surface area contributed by atoms with Crippen molar-refractivity contribution in [1.29, 1.82) is 0 Å². The fraction of sp³-hybridized carbons (Fsp3) is 0.800. The first-order chi connectivity index (χ1) is 3.43. The van der Waals surface area contributed by atoms with Crippen LogP contribution in [0.25, 0.3) is 0 Å². The van der Waals surface area contributed by atoms with Gasteiger partial charge < -0.3 is 4.74 Å². The van der Waals surface area contributed by atoms with Crippen LogP contribution in [0.4, 0.5) is 0 Å². The van der Waals surface area contributed by atoms with Crippen molar-refractivity contribution in [3.8, 4) is 0 Å². The van der Waals surface area contributed by atoms with Crippen LogP contribution in [-0.2, 0) is 4.74 Å². The first-order valence-corrected chi connectivity index (χ1v) is 2.50. The maximum atomic E-state index is 4.73. The topological polar surface area (TPSA) is 21.6 Å². The Morgan fingerprint density at radius 1 is 2.00 bits per heavy atom. The van der Waals surface area contributed by atoms with Crippen LogP contribution < -0.4 is 0 Å². The molecule has 0 bridgehead atoms. The Morgan fingerprint density at radius 2 is 2.86 bits per heavy atom. The van der Waals surface area contributed by atoms with Gasteiger partial charge >= 0.3 is 0 Å². The Morgan fingerprint density at radius 3 is 3.14 bits per heavy atom. The summed E-state index contributed by atoms with van der Waals surface area (Å²) in [5.41, 5.74) is 0. The molecule has 2 heteroatoms. The molecule has 0 spiro atoms. The van der Waals surface area contributed by atoms with Crippen LogP contribution in [0.3, 0.4) is 0 Å². The minimum Gasteiger partial charge on any atom is -0.472 e. The molecule has 0 aromatic heterocycles. The lowest BCUT2D eigenvalue weighted by molar-refractivity contribution is 0.325. The first kappa shape index (κ1) is 4.62. The van der Waals surface area contributed by atoms with E-state index in [1.165, 1.54) is 0 Å². The zero-order valence-electron chi connectivity index (χ0n) is 4.35. The second kappa shape index (κ2) is 1.96. The highest BCUT2D eigenvalue weighted by molar-refractivity contribution is 5.48. The summed E-state index contributed by atoms with van der Waals surface area (Å²) in [5.74, 6) is 0. The lowest BCUT2D eigenvalue weighted by Gasteiger charge is -1.95. The van der Waals surface area contributed by atoms with E-state index in [1.54, 1.807) is 0 Å². The average Bonchev–Trinajstić information content (AvgIpc) is 2.14. The zero-order valence-corrected chi connectivity index (χ0v) is 4.35. The van der Waals surface area contributed by atoms with Crippen LogP contribution in [0.2, 0.25) is 0 Å². The molecule has 0 N–H and O–H groups in total. The predicted octanol–water partition coefficient (Wildman–Crippen LogP) is 0.701. The number of aliphatic imine (C=N–C) groups is 1. The summed E-state index contributed by atoms with van der Waals surface area (Å²) >= 11 is 0. The van der Waals surface area contributed by atoms with Gasteiger partial charge in [-0.3, -0.25) is 0 Å². The summed E-state index contributed by atoms with van der Waals surface area (Å²) < 4.78 is 4.73. The fourth-order valence-corrected chi connectivity index (χ4v) is 0.492. The molecule has 1 aliphatic rings. The molecule has 1 atom stereocenters. The molecule has 0 saturated carbocycles. The summed E-state index contributed by atoms with van der Waals surface area (Å²) in [6.07, 6.45) is 3.51. The van der Waals surface area contributed by atoms with E-state index in [0.29, 0.717) is 6.04 Å². The smallest absolute Gasteiger partial charge is 0.273 e. The van der Waals surface area contributed by atoms with Gasteiger partial charge in [0.1, 0.15) is 6.61 Å². The molecule has 39 valence electrons. The third kappa shape index (κ3) is 0.918. The summed E-state index contributed by atoms with van der Waals surface area (Å²) in [5, 5.41) is 0. The van der Waals surface area contributed by atoms with Gasteiger partial charge in [-0.15, -0.1) is 0 Å². The highest BCUT2D eigenvalue weighted by Gasteiger charge is 2.07. The summed E-state index contributed by atoms with van der Waals surface area (Å²) in [6.45, 7) is 2.82. The SMILES string of the molecule is CC[C@@H]1CO[C]=N1. The van der Waals surface area contributed by atoms with Crippen LogP contribution in [0.5, 0.6) is 0 Å². The highest BCUT2D eigenvalue weighted by atomic mass is 16.5. The Hall–Kier alpha value is -0.530. The summed E-state index contributed by atoms with van der Waals surface area (Å²) in [4.78, 5) is 3.88.